The van der Waals surface area contributed by atoms with Gasteiger partial charge in [-0.3, -0.25) is 14.4 Å². The summed E-state index contributed by atoms with van der Waals surface area (Å²) in [5, 5.41) is 0. The number of nitrogens with zero attached hydrogens (tertiary/aromatic N) is 1. The second kappa shape index (κ2) is 9.49. The summed E-state index contributed by atoms with van der Waals surface area (Å²) < 4.78 is 15.6. The molecule has 1 aliphatic heterocycles. The summed E-state index contributed by atoms with van der Waals surface area (Å²) in [6, 6.07) is 5.02. The maximum Gasteiger partial charge on any atom is 0.311 e. The van der Waals surface area contributed by atoms with Gasteiger partial charge in [-0.25, -0.2) is 0 Å². The summed E-state index contributed by atoms with van der Waals surface area (Å²) >= 11 is 0. The van der Waals surface area contributed by atoms with Crippen molar-refractivity contribution in [2.75, 3.05) is 27.4 Å². The largest absolute Gasteiger partial charge is 0.497 e. The third-order valence-electron chi connectivity index (χ3n) is 6.61. The van der Waals surface area contributed by atoms with Crippen molar-refractivity contribution in [3.05, 3.63) is 23.8 Å². The molecule has 0 aromatic heterocycles. The van der Waals surface area contributed by atoms with Crippen LogP contribution in [0.2, 0.25) is 0 Å². The first kappa shape index (κ1) is 22.1. The molecule has 164 valence electrons. The molecule has 1 aliphatic carbocycles. The Morgan fingerprint density at radius 3 is 2.60 bits per heavy atom. The van der Waals surface area contributed by atoms with Gasteiger partial charge in [-0.2, -0.15) is 0 Å². The Morgan fingerprint density at radius 2 is 1.90 bits per heavy atom. The number of hydrogen-bond acceptors (Lipinski definition) is 6. The summed E-state index contributed by atoms with van der Waals surface area (Å²) in [7, 11) is 2.99. The molecule has 0 spiro atoms. The molecule has 7 heteroatoms. The molecule has 1 amide bonds. The smallest absolute Gasteiger partial charge is 0.311 e. The fourth-order valence-corrected chi connectivity index (χ4v) is 4.56. The van der Waals surface area contributed by atoms with Crippen molar-refractivity contribution in [3.63, 3.8) is 0 Å². The number of benzene rings is 1. The fraction of sp³-hybridized carbons (Fsp3) is 0.609. The van der Waals surface area contributed by atoms with E-state index in [0.29, 0.717) is 35.4 Å². The Kier molecular flexibility index (Phi) is 7.00. The zero-order valence-electron chi connectivity index (χ0n) is 18.2. The van der Waals surface area contributed by atoms with E-state index >= 15 is 0 Å². The van der Waals surface area contributed by atoms with Crippen LogP contribution >= 0.6 is 0 Å². The first-order chi connectivity index (χ1) is 14.3. The molecule has 3 rings (SSSR count). The van der Waals surface area contributed by atoms with Crippen molar-refractivity contribution in [2.24, 2.45) is 17.8 Å². The van der Waals surface area contributed by atoms with E-state index in [1.807, 2.05) is 4.90 Å². The van der Waals surface area contributed by atoms with Crippen LogP contribution in [-0.2, 0) is 14.3 Å². The van der Waals surface area contributed by atoms with E-state index in [-0.39, 0.29) is 30.8 Å². The Bertz CT molecular complexity index is 807. The molecule has 1 heterocycles. The van der Waals surface area contributed by atoms with Gasteiger partial charge in [0.15, 0.2) is 6.61 Å². The number of ether oxygens (including phenoxy) is 3. The van der Waals surface area contributed by atoms with Crippen molar-refractivity contribution in [1.29, 1.82) is 0 Å². The minimum absolute atomic E-state index is 0.00560. The third kappa shape index (κ3) is 4.60. The highest BCUT2D eigenvalue weighted by Crippen LogP contribution is 2.36. The molecule has 30 heavy (non-hydrogen) atoms. The van der Waals surface area contributed by atoms with E-state index < -0.39 is 11.9 Å². The molecular weight excluding hydrogens is 386 g/mol. The molecule has 1 saturated heterocycles. The number of ketones is 1. The predicted octanol–water partition coefficient (Wildman–Crippen LogP) is 3.10. The average Bonchev–Trinajstić information content (AvgIpc) is 3.14. The van der Waals surface area contributed by atoms with Crippen LogP contribution in [0.1, 0.15) is 49.9 Å². The van der Waals surface area contributed by atoms with Gasteiger partial charge in [-0.1, -0.05) is 26.7 Å². The zero-order chi connectivity index (χ0) is 21.8. The SMILES string of the molecule is COc1ccc(C(=O)COC(=O)[C@@H]2CC(=O)N([C@@H]3CCC[C@H](C)[C@H]3C)C2)c(OC)c1. The summed E-state index contributed by atoms with van der Waals surface area (Å²) in [6.07, 6.45) is 3.42. The van der Waals surface area contributed by atoms with Crippen LogP contribution in [0.3, 0.4) is 0 Å². The second-order valence-corrected chi connectivity index (χ2v) is 8.38. The van der Waals surface area contributed by atoms with Crippen LogP contribution < -0.4 is 9.47 Å². The fourth-order valence-electron chi connectivity index (χ4n) is 4.56. The van der Waals surface area contributed by atoms with Gasteiger partial charge in [0.05, 0.1) is 25.7 Å². The first-order valence-electron chi connectivity index (χ1n) is 10.6. The Balaban J connectivity index is 1.58. The zero-order valence-corrected chi connectivity index (χ0v) is 18.2. The lowest BCUT2D eigenvalue weighted by molar-refractivity contribution is -0.147. The van der Waals surface area contributed by atoms with E-state index in [1.165, 1.54) is 20.6 Å². The third-order valence-corrected chi connectivity index (χ3v) is 6.61. The number of likely N-dealkylation sites (tertiary alicyclic amines) is 1. The lowest BCUT2D eigenvalue weighted by atomic mass is 9.77. The van der Waals surface area contributed by atoms with E-state index in [4.69, 9.17) is 14.2 Å². The number of carbonyl (C=O) groups excluding carboxylic acids is 3. The maximum atomic E-state index is 12.6. The number of carbonyl (C=O) groups is 3. The highest BCUT2D eigenvalue weighted by Gasteiger charge is 2.42. The summed E-state index contributed by atoms with van der Waals surface area (Å²) in [5.41, 5.74) is 0.320. The Hall–Kier alpha value is -2.57. The van der Waals surface area contributed by atoms with Crippen LogP contribution in [0.25, 0.3) is 0 Å². The molecular formula is C23H31NO6. The minimum Gasteiger partial charge on any atom is -0.497 e. The number of amides is 1. The van der Waals surface area contributed by atoms with Gasteiger partial charge in [0.1, 0.15) is 11.5 Å². The highest BCUT2D eigenvalue weighted by atomic mass is 16.5. The van der Waals surface area contributed by atoms with Gasteiger partial charge in [-0.05, 0) is 30.4 Å². The van der Waals surface area contributed by atoms with Gasteiger partial charge in [0.25, 0.3) is 0 Å². The number of Topliss-reactive ketones (excluding diaryl/α,β-unsaturated/α-hetero) is 1. The average molecular weight is 418 g/mol. The van der Waals surface area contributed by atoms with Crippen molar-refractivity contribution in [2.45, 2.75) is 45.6 Å². The standard InChI is InChI=1S/C23H31NO6/c1-14-6-5-7-19(15(14)2)24-12-16(10-22(24)26)23(27)30-13-20(25)18-9-8-17(28-3)11-21(18)29-4/h8-9,11,14-16,19H,5-7,10,12-13H2,1-4H3/t14-,15+,16+,19+/m0/s1. The van der Waals surface area contributed by atoms with Gasteiger partial charge >= 0.3 is 5.97 Å². The number of esters is 1. The van der Waals surface area contributed by atoms with E-state index in [2.05, 4.69) is 13.8 Å². The quantitative estimate of drug-likeness (QED) is 0.501. The first-order valence-corrected chi connectivity index (χ1v) is 10.6. The van der Waals surface area contributed by atoms with Crippen molar-refractivity contribution in [1.82, 2.24) is 4.90 Å². The summed E-state index contributed by atoms with van der Waals surface area (Å²) in [6.45, 7) is 4.40. The second-order valence-electron chi connectivity index (χ2n) is 8.38. The normalized spacial score (nSPS) is 26.4. The summed E-state index contributed by atoms with van der Waals surface area (Å²) in [5.74, 6) is 0.538. The van der Waals surface area contributed by atoms with Gasteiger partial charge in [-0.15, -0.1) is 0 Å². The molecule has 0 radical (unpaired) electrons. The molecule has 1 aromatic carbocycles. The Labute approximate surface area is 177 Å². The topological polar surface area (TPSA) is 82.1 Å². The molecule has 2 aliphatic rings. The predicted molar refractivity (Wildman–Crippen MR) is 111 cm³/mol. The van der Waals surface area contributed by atoms with Crippen LogP contribution in [0.4, 0.5) is 0 Å². The van der Waals surface area contributed by atoms with Gasteiger partial charge < -0.3 is 19.1 Å². The molecule has 1 aromatic rings. The molecule has 4 atom stereocenters. The van der Waals surface area contributed by atoms with Crippen molar-refractivity contribution < 1.29 is 28.6 Å². The van der Waals surface area contributed by atoms with Crippen LogP contribution in [0.5, 0.6) is 11.5 Å². The molecule has 2 fully saturated rings. The van der Waals surface area contributed by atoms with Gasteiger partial charge in [0.2, 0.25) is 11.7 Å². The van der Waals surface area contributed by atoms with E-state index in [0.717, 1.165) is 12.8 Å². The van der Waals surface area contributed by atoms with E-state index in [1.54, 1.807) is 18.2 Å². The number of hydrogen-bond donors (Lipinski definition) is 0. The Morgan fingerprint density at radius 1 is 1.13 bits per heavy atom. The van der Waals surface area contributed by atoms with Crippen molar-refractivity contribution in [3.8, 4) is 11.5 Å². The molecule has 7 nitrogen and oxygen atoms in total. The summed E-state index contributed by atoms with van der Waals surface area (Å²) in [4.78, 5) is 39.5. The molecule has 1 saturated carbocycles. The van der Waals surface area contributed by atoms with Crippen LogP contribution in [0, 0.1) is 17.8 Å². The lowest BCUT2D eigenvalue weighted by Crippen LogP contribution is -2.45. The minimum atomic E-state index is -0.521. The van der Waals surface area contributed by atoms with E-state index in [9.17, 15) is 14.4 Å². The van der Waals surface area contributed by atoms with Crippen molar-refractivity contribution >= 4 is 17.7 Å². The molecule has 0 N–H and O–H groups in total. The highest BCUT2D eigenvalue weighted by molar-refractivity contribution is 6.00. The monoisotopic (exact) mass is 417 g/mol. The molecule has 0 bridgehead atoms. The van der Waals surface area contributed by atoms with Crippen LogP contribution in [0.15, 0.2) is 18.2 Å². The van der Waals surface area contributed by atoms with Crippen LogP contribution in [-0.4, -0.2) is 56.0 Å². The van der Waals surface area contributed by atoms with Gasteiger partial charge in [0, 0.05) is 25.1 Å². The number of methoxy groups -OCH3 is 2. The molecule has 0 unspecified atom stereocenters. The lowest BCUT2D eigenvalue weighted by Gasteiger charge is -2.39. The number of rotatable bonds is 7. The maximum absolute atomic E-state index is 12.6.